The second-order valence-corrected chi connectivity index (χ2v) is 0. The highest BCUT2D eigenvalue weighted by Gasteiger charge is -0.0246. The molecule has 54 heavy (non-hydrogen) atoms. The summed E-state index contributed by atoms with van der Waals surface area (Å²) in [5, 5.41) is 0. The van der Waals surface area contributed by atoms with Crippen molar-refractivity contribution in [2.24, 2.45) is 0 Å². The molecule has 0 aliphatic carbocycles. The standard InChI is InChI=1S/54CH4/h54*1H4. The molecule has 0 radical (unpaired) electrons. The molecule has 0 heteroatoms. The summed E-state index contributed by atoms with van der Waals surface area (Å²) in [6, 6.07) is 0. The van der Waals surface area contributed by atoms with Crippen LogP contribution in [0, 0.1) is 0 Å². The van der Waals surface area contributed by atoms with Crippen LogP contribution in [0.4, 0.5) is 0 Å². The fraction of sp³-hybridized carbons (Fsp3) is 1.00. The molecule has 0 aromatic heterocycles. The maximum Gasteiger partial charge on any atom is -0.0776 e. The summed E-state index contributed by atoms with van der Waals surface area (Å²) in [6.45, 7) is 0. The lowest BCUT2D eigenvalue weighted by Crippen LogP contribution is 0.143. The van der Waals surface area contributed by atoms with Crippen LogP contribution in [0.3, 0.4) is 0 Å². The number of hydrogen-bond donors (Lipinski definition) is 0. The third-order valence-corrected chi connectivity index (χ3v) is 0. The zero-order valence-electron chi connectivity index (χ0n) is 0. The van der Waals surface area contributed by atoms with Crippen LogP contribution in [0.5, 0.6) is 0 Å². The first-order valence-corrected chi connectivity index (χ1v) is 0. The van der Waals surface area contributed by atoms with Gasteiger partial charge in [-0.2, -0.15) is 0 Å². The molecule has 0 saturated carbocycles. The van der Waals surface area contributed by atoms with Crippen LogP contribution in [-0.2, 0) is 0 Å². The zero-order chi connectivity index (χ0) is 0. The fourth-order valence-corrected chi connectivity index (χ4v) is 0. The summed E-state index contributed by atoms with van der Waals surface area (Å²) in [5.74, 6) is 0. The van der Waals surface area contributed by atoms with Crippen molar-refractivity contribution in [2.75, 3.05) is 0 Å². The molecule has 0 aromatic rings. The summed E-state index contributed by atoms with van der Waals surface area (Å²) in [4.78, 5) is 0. The van der Waals surface area contributed by atoms with E-state index >= 15 is 0 Å². The van der Waals surface area contributed by atoms with E-state index < -0.39 is 0 Å². The van der Waals surface area contributed by atoms with Gasteiger partial charge in [0.15, 0.2) is 0 Å². The molecule has 0 fully saturated rings. The molecule has 0 heterocycles. The summed E-state index contributed by atoms with van der Waals surface area (Å²) < 4.78 is 0. The van der Waals surface area contributed by atoms with E-state index in [4.69, 9.17) is 0 Å². The van der Waals surface area contributed by atoms with E-state index in [0.717, 1.165) is 0 Å². The first-order valence-electron chi connectivity index (χ1n) is 0. The smallest absolute Gasteiger partial charge is 0.0776 e. The maximum absolute atomic E-state index is 0. The monoisotopic (exact) mass is 866 g/mol. The van der Waals surface area contributed by atoms with Gasteiger partial charge in [0, 0.05) is 0 Å². The maximum atomic E-state index is 0. The van der Waals surface area contributed by atoms with Gasteiger partial charge in [0.2, 0.25) is 0 Å². The van der Waals surface area contributed by atoms with Crippen molar-refractivity contribution in [1.29, 1.82) is 0 Å². The Labute approximate surface area is 399 Å². The van der Waals surface area contributed by atoms with Crippen LogP contribution in [0.15, 0.2) is 0 Å². The third-order valence-electron chi connectivity index (χ3n) is 0. The van der Waals surface area contributed by atoms with Crippen LogP contribution in [-0.4, -0.2) is 0 Å². The largest absolute Gasteiger partial charge is 0.0776 e. The molecule has 0 aliphatic heterocycles. The van der Waals surface area contributed by atoms with E-state index in [1.165, 1.54) is 0 Å². The van der Waals surface area contributed by atoms with Crippen molar-refractivity contribution in [1.82, 2.24) is 0 Å². The molecule has 0 spiro atoms. The summed E-state index contributed by atoms with van der Waals surface area (Å²) in [5.41, 5.74) is 0. The Bertz CT molecular complexity index is 0. The highest BCUT2D eigenvalue weighted by Crippen LogP contribution is 0.197. The molecular formula is C54H216. The van der Waals surface area contributed by atoms with Gasteiger partial charge in [0.1, 0.15) is 0 Å². The van der Waals surface area contributed by atoms with Gasteiger partial charge in [0.05, 0.1) is 0 Å². The molecular weight excluding hydrogens is 649 g/mol. The van der Waals surface area contributed by atoms with E-state index in [-0.39, 0.29) is 401 Å². The van der Waals surface area contributed by atoms with Gasteiger partial charge < -0.3 is 0 Å². The number of rotatable bonds is 0. The summed E-state index contributed by atoms with van der Waals surface area (Å²) in [6.07, 6.45) is 0. The summed E-state index contributed by atoms with van der Waals surface area (Å²) >= 11 is 0. The van der Waals surface area contributed by atoms with Crippen LogP contribution < -0.4 is 0 Å². The molecule has 0 N–H and O–H groups in total. The second-order valence-electron chi connectivity index (χ2n) is 0. The molecule has 0 atom stereocenters. The van der Waals surface area contributed by atoms with Gasteiger partial charge in [0.25, 0.3) is 0 Å². The Morgan fingerprint density at radius 2 is 0.0185 bits per heavy atom. The van der Waals surface area contributed by atoms with Gasteiger partial charge >= 0.3 is 0 Å². The summed E-state index contributed by atoms with van der Waals surface area (Å²) in [7, 11) is 0. The fourth-order valence-electron chi connectivity index (χ4n) is 0. The van der Waals surface area contributed by atoms with Crippen LogP contribution in [0.1, 0.15) is 401 Å². The predicted molar refractivity (Wildman–Crippen MR) is 363 cm³/mol. The topological polar surface area (TPSA) is 0 Å². The van der Waals surface area contributed by atoms with Crippen molar-refractivity contribution in [2.45, 2.75) is 401 Å². The molecule has 0 aliphatic rings. The second kappa shape index (κ2) is 0. The van der Waals surface area contributed by atoms with E-state index in [1.807, 2.05) is 0 Å². The van der Waals surface area contributed by atoms with Crippen molar-refractivity contribution in [3.63, 3.8) is 0 Å². The molecule has 0 aromatic carbocycles. The van der Waals surface area contributed by atoms with E-state index in [2.05, 4.69) is 0 Å². The van der Waals surface area contributed by atoms with Gasteiger partial charge in [-0.3, -0.25) is 0 Å². The highest BCUT2D eigenvalue weighted by molar-refractivity contribution is 2.56. The quantitative estimate of drug-likeness (QED) is 0.228. The van der Waals surface area contributed by atoms with Gasteiger partial charge in [-0.15, -0.1) is 0 Å². The molecule has 0 saturated heterocycles. The SMILES string of the molecule is C.C.C.C.C.C.C.C.C.C.C.C.C.C.C.C.C.C.C.C.C.C.C.C.C.C.C.C.C.C.C.C.C.C.C.C.C.C.C.C.C.C.C.C.C.C.C.C.C.C.C.C.C.C. The highest BCUT2D eigenvalue weighted by atomic mass is 12.1. The minimum atomic E-state index is 0. The zero-order valence-corrected chi connectivity index (χ0v) is 0. The average Bonchev–Trinajstić information content (AvgIpc) is 0. The lowest BCUT2D eigenvalue weighted by Gasteiger charge is -0.0786. The van der Waals surface area contributed by atoms with E-state index in [1.54, 1.807) is 0 Å². The Morgan fingerprint density at radius 3 is 0.0185 bits per heavy atom. The first kappa shape index (κ1) is 0. The Balaban J connectivity index is 0. The molecule has 0 bridgehead atoms. The van der Waals surface area contributed by atoms with Gasteiger partial charge in [-0.1, -0.05) is 401 Å². The average molecular weight is 866 g/mol. The molecule has 0 nitrogen and oxygen atoms in total. The molecule has 0 amide bonds. The Morgan fingerprint density at radius 1 is 0.0185 bits per heavy atom. The Hall–Kier alpha value is 0. The Kier molecular flexibility index (Phi) is 0. The molecule has 0 unspecified atom stereocenters. The van der Waals surface area contributed by atoms with Crippen molar-refractivity contribution in [3.8, 4) is 0 Å². The minimum absolute atomic E-state index is 0. The normalized spacial score (nSPS) is 0. The third kappa shape index (κ3) is 0. The van der Waals surface area contributed by atoms with Crippen molar-refractivity contribution in [3.05, 3.63) is 0 Å². The lowest BCUT2D eigenvalue weighted by atomic mass is 12.0. The predicted octanol–water partition coefficient (Wildman–Crippen LogP) is 34.3. The van der Waals surface area contributed by atoms with Crippen molar-refractivity contribution >= 4 is 0 Å². The lowest BCUT2D eigenvalue weighted by molar-refractivity contribution is 2.50. The minimum Gasteiger partial charge on any atom is -0.0776 e. The van der Waals surface area contributed by atoms with Crippen molar-refractivity contribution < 1.29 is 0 Å². The van der Waals surface area contributed by atoms with Gasteiger partial charge in [-0.05, 0) is 0 Å². The van der Waals surface area contributed by atoms with E-state index in [0.29, 0.717) is 0 Å². The van der Waals surface area contributed by atoms with Crippen LogP contribution >= 0.6 is 0 Å². The van der Waals surface area contributed by atoms with Crippen LogP contribution in [0.25, 0.3) is 0 Å². The van der Waals surface area contributed by atoms with Crippen LogP contribution in [0.2, 0.25) is 0 Å². The molecule has 432 valence electrons. The van der Waals surface area contributed by atoms with Gasteiger partial charge in [-0.25, -0.2) is 0 Å². The van der Waals surface area contributed by atoms with E-state index in [9.17, 15) is 0 Å². The molecule has 0 rings (SSSR count). The number of hydrogen-bond acceptors (Lipinski definition) is 0. The first-order chi connectivity index (χ1) is 0.